The topological polar surface area (TPSA) is 63.7 Å². The van der Waals surface area contributed by atoms with Crippen molar-refractivity contribution in [1.82, 2.24) is 9.88 Å². The van der Waals surface area contributed by atoms with Crippen LogP contribution in [0, 0.1) is 0 Å². The number of ether oxygens (including phenoxy) is 2. The van der Waals surface area contributed by atoms with Crippen molar-refractivity contribution in [3.8, 4) is 0 Å². The highest BCUT2D eigenvalue weighted by molar-refractivity contribution is 5.69. The summed E-state index contributed by atoms with van der Waals surface area (Å²) in [5.74, 6) is 0.855. The molecule has 0 aliphatic heterocycles. The van der Waals surface area contributed by atoms with Crippen molar-refractivity contribution in [2.24, 2.45) is 0 Å². The molecule has 0 spiro atoms. The highest BCUT2D eigenvalue weighted by Gasteiger charge is 2.08. The van der Waals surface area contributed by atoms with Crippen molar-refractivity contribution in [3.05, 3.63) is 23.4 Å². The first-order valence-corrected chi connectivity index (χ1v) is 9.59. The lowest BCUT2D eigenvalue weighted by molar-refractivity contribution is -0.140. The number of hydrogen-bond donors (Lipinski definition) is 1. The predicted octanol–water partition coefficient (Wildman–Crippen LogP) is 2.91. The zero-order chi connectivity index (χ0) is 19.2. The quantitative estimate of drug-likeness (QED) is 0.404. The van der Waals surface area contributed by atoms with Gasteiger partial charge in [-0.15, -0.1) is 0 Å². The SMILES string of the molecule is CCc1ccc(CCCCN(CCCC(=O)OC)CCOC)nc1NC. The number of carbonyl (C=O) groups excluding carboxylic acids is 1. The molecule has 0 unspecified atom stereocenters. The van der Waals surface area contributed by atoms with Gasteiger partial charge in [0, 0.05) is 32.8 Å². The van der Waals surface area contributed by atoms with Crippen LogP contribution >= 0.6 is 0 Å². The summed E-state index contributed by atoms with van der Waals surface area (Å²) in [6, 6.07) is 4.31. The Bertz CT molecular complexity index is 523. The maximum Gasteiger partial charge on any atom is 0.305 e. The second kappa shape index (κ2) is 13.5. The van der Waals surface area contributed by atoms with Gasteiger partial charge < -0.3 is 19.7 Å². The van der Waals surface area contributed by atoms with Gasteiger partial charge in [0.25, 0.3) is 0 Å². The van der Waals surface area contributed by atoms with E-state index in [9.17, 15) is 4.79 Å². The fourth-order valence-electron chi connectivity index (χ4n) is 2.92. The van der Waals surface area contributed by atoms with Gasteiger partial charge in [-0.05, 0) is 56.8 Å². The number of anilines is 1. The van der Waals surface area contributed by atoms with Crippen LogP contribution in [0.25, 0.3) is 0 Å². The predicted molar refractivity (Wildman–Crippen MR) is 106 cm³/mol. The van der Waals surface area contributed by atoms with Crippen LogP contribution < -0.4 is 5.32 Å². The number of methoxy groups -OCH3 is 2. The molecule has 1 N–H and O–H groups in total. The Morgan fingerprint density at radius 2 is 1.92 bits per heavy atom. The summed E-state index contributed by atoms with van der Waals surface area (Å²) in [4.78, 5) is 18.3. The summed E-state index contributed by atoms with van der Waals surface area (Å²) in [5.41, 5.74) is 2.40. The molecule has 148 valence electrons. The van der Waals surface area contributed by atoms with E-state index in [0.29, 0.717) is 13.0 Å². The standard InChI is InChI=1S/C20H35N3O3/c1-5-17-11-12-18(22-20(17)21-2)9-6-7-13-23(15-16-25-3)14-8-10-19(24)26-4/h11-12H,5-10,13-16H2,1-4H3,(H,21,22). The van der Waals surface area contributed by atoms with Gasteiger partial charge in [0.05, 0.1) is 13.7 Å². The van der Waals surface area contributed by atoms with Gasteiger partial charge in [0.1, 0.15) is 5.82 Å². The van der Waals surface area contributed by atoms with Crippen LogP contribution in [0.4, 0.5) is 5.82 Å². The van der Waals surface area contributed by atoms with E-state index in [0.717, 1.165) is 63.3 Å². The first kappa shape index (κ1) is 22.4. The number of aromatic nitrogens is 1. The van der Waals surface area contributed by atoms with E-state index in [1.807, 2.05) is 7.05 Å². The van der Waals surface area contributed by atoms with E-state index in [2.05, 4.69) is 29.3 Å². The number of esters is 1. The number of carbonyl (C=O) groups is 1. The molecule has 1 aromatic rings. The Hall–Kier alpha value is -1.66. The van der Waals surface area contributed by atoms with Crippen LogP contribution in [0.3, 0.4) is 0 Å². The maximum atomic E-state index is 11.2. The summed E-state index contributed by atoms with van der Waals surface area (Å²) in [7, 11) is 5.08. The zero-order valence-corrected chi connectivity index (χ0v) is 16.8. The lowest BCUT2D eigenvalue weighted by Gasteiger charge is -2.21. The van der Waals surface area contributed by atoms with Crippen LogP contribution in [0.1, 0.15) is 43.9 Å². The van der Waals surface area contributed by atoms with E-state index >= 15 is 0 Å². The van der Waals surface area contributed by atoms with Crippen molar-refractivity contribution in [2.75, 3.05) is 52.8 Å². The van der Waals surface area contributed by atoms with Crippen molar-refractivity contribution in [2.45, 2.75) is 45.4 Å². The molecule has 26 heavy (non-hydrogen) atoms. The van der Waals surface area contributed by atoms with Crippen LogP contribution in [-0.4, -0.2) is 63.4 Å². The lowest BCUT2D eigenvalue weighted by atomic mass is 10.1. The van der Waals surface area contributed by atoms with Gasteiger partial charge >= 0.3 is 5.97 Å². The van der Waals surface area contributed by atoms with Crippen molar-refractivity contribution in [1.29, 1.82) is 0 Å². The van der Waals surface area contributed by atoms with Gasteiger partial charge in [-0.3, -0.25) is 4.79 Å². The minimum absolute atomic E-state index is 0.140. The van der Waals surface area contributed by atoms with Gasteiger partial charge in [-0.25, -0.2) is 4.98 Å². The molecule has 0 aliphatic rings. The number of nitrogens with zero attached hydrogens (tertiary/aromatic N) is 2. The number of pyridine rings is 1. The van der Waals surface area contributed by atoms with Crippen LogP contribution in [0.15, 0.2) is 12.1 Å². The third kappa shape index (κ3) is 8.63. The minimum atomic E-state index is -0.140. The summed E-state index contributed by atoms with van der Waals surface area (Å²) in [5, 5.41) is 3.18. The Morgan fingerprint density at radius 1 is 1.15 bits per heavy atom. The normalized spacial score (nSPS) is 11.0. The highest BCUT2D eigenvalue weighted by atomic mass is 16.5. The molecule has 6 nitrogen and oxygen atoms in total. The van der Waals surface area contributed by atoms with Gasteiger partial charge in [-0.2, -0.15) is 0 Å². The molecule has 1 aromatic heterocycles. The summed E-state index contributed by atoms with van der Waals surface area (Å²) >= 11 is 0. The van der Waals surface area contributed by atoms with E-state index in [1.165, 1.54) is 12.7 Å². The molecule has 1 rings (SSSR count). The fourth-order valence-corrected chi connectivity index (χ4v) is 2.92. The first-order valence-electron chi connectivity index (χ1n) is 9.59. The second-order valence-electron chi connectivity index (χ2n) is 6.39. The largest absolute Gasteiger partial charge is 0.469 e. The maximum absolute atomic E-state index is 11.2. The summed E-state index contributed by atoms with van der Waals surface area (Å²) in [6.07, 6.45) is 5.47. The van der Waals surface area contributed by atoms with Crippen molar-refractivity contribution < 1.29 is 14.3 Å². The Kier molecular flexibility index (Phi) is 11.6. The minimum Gasteiger partial charge on any atom is -0.469 e. The molecule has 1 heterocycles. The highest BCUT2D eigenvalue weighted by Crippen LogP contribution is 2.15. The van der Waals surface area contributed by atoms with Gasteiger partial charge in [-0.1, -0.05) is 13.0 Å². The number of aryl methyl sites for hydroxylation is 2. The Morgan fingerprint density at radius 3 is 2.58 bits per heavy atom. The van der Waals surface area contributed by atoms with Crippen LogP contribution in [0.2, 0.25) is 0 Å². The van der Waals surface area contributed by atoms with Crippen LogP contribution in [0.5, 0.6) is 0 Å². The monoisotopic (exact) mass is 365 g/mol. The molecule has 0 saturated heterocycles. The average Bonchev–Trinajstić information content (AvgIpc) is 2.68. The van der Waals surface area contributed by atoms with Gasteiger partial charge in [0.15, 0.2) is 0 Å². The molecular formula is C20H35N3O3. The van der Waals surface area contributed by atoms with Crippen LogP contribution in [-0.2, 0) is 27.1 Å². The zero-order valence-electron chi connectivity index (χ0n) is 16.8. The van der Waals surface area contributed by atoms with Crippen molar-refractivity contribution in [3.63, 3.8) is 0 Å². The smallest absolute Gasteiger partial charge is 0.305 e. The fraction of sp³-hybridized carbons (Fsp3) is 0.700. The first-order chi connectivity index (χ1) is 12.6. The third-order valence-electron chi connectivity index (χ3n) is 4.51. The lowest BCUT2D eigenvalue weighted by Crippen LogP contribution is -2.30. The number of hydrogen-bond acceptors (Lipinski definition) is 6. The molecule has 0 amide bonds. The summed E-state index contributed by atoms with van der Waals surface area (Å²) in [6.45, 7) is 5.66. The molecular weight excluding hydrogens is 330 g/mol. The molecule has 0 saturated carbocycles. The van der Waals surface area contributed by atoms with Crippen molar-refractivity contribution >= 4 is 11.8 Å². The van der Waals surface area contributed by atoms with Gasteiger partial charge in [0.2, 0.25) is 0 Å². The van der Waals surface area contributed by atoms with E-state index in [4.69, 9.17) is 14.5 Å². The Balaban J connectivity index is 2.37. The van der Waals surface area contributed by atoms with E-state index < -0.39 is 0 Å². The molecule has 0 radical (unpaired) electrons. The molecule has 6 heteroatoms. The molecule has 0 aromatic carbocycles. The Labute approximate surface area is 158 Å². The average molecular weight is 366 g/mol. The number of rotatable bonds is 14. The number of nitrogens with one attached hydrogen (secondary N) is 1. The van der Waals surface area contributed by atoms with E-state index in [1.54, 1.807) is 7.11 Å². The molecule has 0 atom stereocenters. The third-order valence-corrected chi connectivity index (χ3v) is 4.51. The number of unbranched alkanes of at least 4 members (excludes halogenated alkanes) is 1. The van der Waals surface area contributed by atoms with E-state index in [-0.39, 0.29) is 5.97 Å². The second-order valence-corrected chi connectivity index (χ2v) is 6.39. The molecule has 0 aliphatic carbocycles. The summed E-state index contributed by atoms with van der Waals surface area (Å²) < 4.78 is 9.90. The molecule has 0 fully saturated rings. The molecule has 0 bridgehead atoms.